The molecule has 1 fully saturated rings. The molecule has 0 spiro atoms. The summed E-state index contributed by atoms with van der Waals surface area (Å²) in [4.78, 5) is 99.3. The molecule has 6 atom stereocenters. The van der Waals surface area contributed by atoms with Gasteiger partial charge in [0.25, 0.3) is 17.4 Å². The van der Waals surface area contributed by atoms with Gasteiger partial charge < -0.3 is 65.3 Å². The Hall–Kier alpha value is -6.38. The Kier molecular flexibility index (Phi) is 15.2. The maximum absolute atomic E-state index is 13.9. The third-order valence-corrected chi connectivity index (χ3v) is 17.0. The molecule has 3 aromatic carbocycles. The number of aromatic carboxylic acids is 1. The molecule has 31 heteroatoms. The van der Waals surface area contributed by atoms with Crippen LogP contribution in [0.25, 0.3) is 16.7 Å². The predicted octanol–water partition coefficient (Wildman–Crippen LogP) is 0.539. The Balaban J connectivity index is 0.948. The number of nitrogens with one attached hydrogen (secondary N) is 3. The van der Waals surface area contributed by atoms with Gasteiger partial charge in [0, 0.05) is 71.8 Å². The van der Waals surface area contributed by atoms with Crippen LogP contribution in [0.3, 0.4) is 0 Å². The van der Waals surface area contributed by atoms with Gasteiger partial charge in [0.15, 0.2) is 18.5 Å². The molecule has 2 unspecified atom stereocenters. The number of hydrogen-bond acceptors (Lipinski definition) is 17. The summed E-state index contributed by atoms with van der Waals surface area (Å²) < 4.78 is 70.8. The van der Waals surface area contributed by atoms with Crippen LogP contribution in [-0.2, 0) is 56.2 Å². The molecule has 9 rings (SSSR count). The van der Waals surface area contributed by atoms with E-state index in [1.54, 1.807) is 0 Å². The number of aliphatic hydroxyl groups is 1. The number of carboxylic acids is 1. The van der Waals surface area contributed by atoms with Gasteiger partial charge in [-0.2, -0.15) is 8.62 Å². The number of aromatic amines is 1. The first-order valence-electron chi connectivity index (χ1n) is 23.8. The van der Waals surface area contributed by atoms with E-state index in [0.29, 0.717) is 27.9 Å². The van der Waals surface area contributed by atoms with E-state index in [0.717, 1.165) is 78.6 Å². The lowest BCUT2D eigenvalue weighted by molar-refractivity contribution is -0.745. The van der Waals surface area contributed by atoms with Crippen LogP contribution in [0.4, 0.5) is 16.4 Å². The first-order valence-corrected chi connectivity index (χ1v) is 28.3. The number of ether oxygens (including phenoxy) is 3. The molecule has 0 radical (unpaired) electrons. The Morgan fingerprint density at radius 1 is 0.947 bits per heavy atom. The van der Waals surface area contributed by atoms with Crippen LogP contribution in [-0.4, -0.2) is 126 Å². The number of carboxylic acid groups (broad SMARTS) is 1. The molecule has 1 saturated heterocycles. The van der Waals surface area contributed by atoms with Gasteiger partial charge in [-0.05, 0) is 74.6 Å². The van der Waals surface area contributed by atoms with E-state index < -0.39 is 78.1 Å². The molecule has 0 bridgehead atoms. The molecule has 2 amide bonds. The Morgan fingerprint density at radius 2 is 1.70 bits per heavy atom. The third kappa shape index (κ3) is 11.2. The van der Waals surface area contributed by atoms with E-state index in [1.165, 1.54) is 36.1 Å². The number of phosphoric acid groups is 3. The van der Waals surface area contributed by atoms with E-state index in [-0.39, 0.29) is 46.9 Å². The number of aromatic nitrogens is 4. The van der Waals surface area contributed by atoms with E-state index in [4.69, 9.17) is 34.3 Å². The SMILES string of the molecule is CCN1CCCc2cc3c(cc21)Oc1cc2c(cc1=C3c1cc(C(=O)NCCNC(=O)O[C@H]3[C@@H](O)[C@H]([n+]4cn(C)c5c(=O)[nH]c(N)nc54)O[C@@H]3COP(=O)(O)OP(=O)(O)OP(=O)(O)O)ccc1C(=O)O)CCC[N+]=2CC. The molecule has 0 saturated carbocycles. The highest BCUT2D eigenvalue weighted by Gasteiger charge is 2.52. The molecule has 406 valence electrons. The number of rotatable bonds is 17. The number of carbonyl (C=O) groups excluding carboxylic acids is 2. The van der Waals surface area contributed by atoms with E-state index in [2.05, 4.69) is 64.7 Å². The van der Waals surface area contributed by atoms with Crippen LogP contribution in [0.5, 0.6) is 11.5 Å². The van der Waals surface area contributed by atoms with Crippen LogP contribution in [0.1, 0.15) is 75.9 Å². The molecule has 4 aliphatic rings. The summed E-state index contributed by atoms with van der Waals surface area (Å²) in [7, 11) is -16.0. The average molecular weight is 1120 g/mol. The summed E-state index contributed by atoms with van der Waals surface area (Å²) in [5, 5.41) is 29.0. The Bertz CT molecular complexity index is 3550. The summed E-state index contributed by atoms with van der Waals surface area (Å²) >= 11 is 0. The second-order valence-corrected chi connectivity index (χ2v) is 22.5. The number of nitrogens with zero attached hydrogens (tertiary/aromatic N) is 5. The van der Waals surface area contributed by atoms with Gasteiger partial charge in [0.05, 0.1) is 25.3 Å². The van der Waals surface area contributed by atoms with Crippen LogP contribution < -0.4 is 51.3 Å². The standard InChI is InChI=1S/C45H52N9O19P3/c1-4-52-14-6-8-23-16-28-32(19-30(23)52)69-33-20-31-24(9-7-15-53(31)5-2)17-29(33)35(28)27-18-25(10-11-26(27)43(58)59)40(56)47-12-13-48-45(60)71-38-34(21-68-75(64,65)73-76(66,67)72-74(61,62)63)70-42(37(38)55)54-22-51(3)36-39(54)49-44(46)50-41(36)57/h10-11,16-20,22,34,37-38,42,55H,4-9,12-15,21H2,1-3H3,(H8-2,46,47,48,49,50,56,57,58,59,60,61,62,63,64,65,66,67)/p+2/t34-,37-,38-,42-/m1/s1. The summed E-state index contributed by atoms with van der Waals surface area (Å²) in [5.74, 6) is -1.08. The van der Waals surface area contributed by atoms with Crippen LogP contribution in [0, 0.1) is 0 Å². The molecule has 11 N–H and O–H groups in total. The Morgan fingerprint density at radius 3 is 2.42 bits per heavy atom. The van der Waals surface area contributed by atoms with Gasteiger partial charge in [-0.3, -0.25) is 23.7 Å². The average Bonchev–Trinajstić information content (AvgIpc) is 3.85. The predicted molar refractivity (Wildman–Crippen MR) is 265 cm³/mol. The maximum atomic E-state index is 13.9. The van der Waals surface area contributed by atoms with Crippen molar-refractivity contribution in [1.29, 1.82) is 0 Å². The number of nitrogens with two attached hydrogens (primary N) is 1. The summed E-state index contributed by atoms with van der Waals surface area (Å²) in [6, 6.07) is 12.4. The molecule has 5 aromatic rings. The lowest BCUT2D eigenvalue weighted by atomic mass is 9.85. The fraction of sp³-hybridized carbons (Fsp3) is 0.400. The lowest BCUT2D eigenvalue weighted by Gasteiger charge is -2.32. The van der Waals surface area contributed by atoms with Gasteiger partial charge in [0.1, 0.15) is 30.7 Å². The summed E-state index contributed by atoms with van der Waals surface area (Å²) in [6.07, 6.45) is -3.54. The maximum Gasteiger partial charge on any atom is 0.490 e. The number of aliphatic hydroxyl groups excluding tert-OH is 1. The van der Waals surface area contributed by atoms with Crippen molar-refractivity contribution in [1.82, 2.24) is 29.7 Å². The van der Waals surface area contributed by atoms with Crippen LogP contribution in [0.2, 0.25) is 0 Å². The topological polar surface area (TPSA) is 390 Å². The normalized spacial score (nSPS) is 20.6. The molecule has 76 heavy (non-hydrogen) atoms. The third-order valence-electron chi connectivity index (χ3n) is 13.2. The number of phosphoric ester groups is 1. The lowest BCUT2D eigenvalue weighted by Crippen LogP contribution is -2.47. The van der Waals surface area contributed by atoms with Crippen LogP contribution >= 0.6 is 23.5 Å². The minimum atomic E-state index is -5.94. The second-order valence-electron chi connectivity index (χ2n) is 18.1. The largest absolute Gasteiger partial charge is 0.490 e. The smallest absolute Gasteiger partial charge is 0.478 e. The number of hydrogen-bond donors (Lipinski definition) is 10. The van der Waals surface area contributed by atoms with Crippen molar-refractivity contribution in [3.8, 4) is 11.5 Å². The van der Waals surface area contributed by atoms with Crippen molar-refractivity contribution < 1.29 is 89.8 Å². The van der Waals surface area contributed by atoms with Crippen molar-refractivity contribution in [2.45, 2.75) is 64.1 Å². The summed E-state index contributed by atoms with van der Waals surface area (Å²) in [5.41, 5.74) is 9.71. The quantitative estimate of drug-likeness (QED) is 0.0338. The van der Waals surface area contributed by atoms with Crippen molar-refractivity contribution >= 4 is 69.8 Å². The van der Waals surface area contributed by atoms with Crippen molar-refractivity contribution in [3.63, 3.8) is 0 Å². The van der Waals surface area contributed by atoms with E-state index in [1.807, 2.05) is 12.1 Å². The number of anilines is 2. The number of aryl methyl sites for hydroxylation is 3. The zero-order valence-electron chi connectivity index (χ0n) is 40.9. The zero-order chi connectivity index (χ0) is 54.6. The van der Waals surface area contributed by atoms with E-state index in [9.17, 15) is 52.9 Å². The van der Waals surface area contributed by atoms with Gasteiger partial charge in [-0.15, -0.1) is 0 Å². The number of nitrogen functional groups attached to an aromatic ring is 1. The number of benzene rings is 3. The van der Waals surface area contributed by atoms with Crippen LogP contribution in [0.15, 0.2) is 53.6 Å². The van der Waals surface area contributed by atoms with Gasteiger partial charge in [-0.25, -0.2) is 32.4 Å². The fourth-order valence-electron chi connectivity index (χ4n) is 9.99. The minimum Gasteiger partial charge on any atom is -0.478 e. The first kappa shape index (κ1) is 54.4. The molecular weight excluding hydrogens is 1060 g/mol. The number of imidazole rings is 1. The molecule has 6 heterocycles. The monoisotopic (exact) mass is 1120 g/mol. The van der Waals surface area contributed by atoms with Crippen molar-refractivity contribution in [2.75, 3.05) is 56.5 Å². The number of H-pyrrole nitrogens is 1. The van der Waals surface area contributed by atoms with Crippen molar-refractivity contribution in [3.05, 3.63) is 103 Å². The second kappa shape index (κ2) is 21.2. The molecule has 4 aliphatic heterocycles. The number of fused-ring (bicyclic) bond motifs is 5. The van der Waals surface area contributed by atoms with Gasteiger partial charge >= 0.3 is 41.2 Å². The fourth-order valence-corrected chi connectivity index (χ4v) is 13.0. The van der Waals surface area contributed by atoms with Gasteiger partial charge in [-0.1, -0.05) is 4.98 Å². The first-order chi connectivity index (χ1) is 35.9. The number of alkyl carbamates (subject to hydrolysis) is 1. The highest BCUT2D eigenvalue weighted by molar-refractivity contribution is 7.66. The highest BCUT2D eigenvalue weighted by atomic mass is 31.3. The molecule has 2 aromatic heterocycles. The number of carbonyl (C=O) groups is 3. The number of amides is 2. The zero-order valence-corrected chi connectivity index (χ0v) is 43.5. The molecule has 0 aliphatic carbocycles. The minimum absolute atomic E-state index is 0.0466. The molecular formula is C45H54N9O19P3+2. The highest BCUT2D eigenvalue weighted by Crippen LogP contribution is 2.66. The van der Waals surface area contributed by atoms with Gasteiger partial charge in [0.2, 0.25) is 17.1 Å². The Labute approximate surface area is 430 Å². The van der Waals surface area contributed by atoms with E-state index >= 15 is 0 Å². The van der Waals surface area contributed by atoms with Crippen molar-refractivity contribution in [2.24, 2.45) is 7.05 Å². The summed E-state index contributed by atoms with van der Waals surface area (Å²) in [6.45, 7) is 5.80. The molecule has 28 nitrogen and oxygen atoms in total.